The molecule has 1 N–H and O–H groups in total. The molecule has 1 saturated heterocycles. The largest absolute Gasteiger partial charge is 0.480 e. The van der Waals surface area contributed by atoms with Crippen molar-refractivity contribution < 1.29 is 19.4 Å². The van der Waals surface area contributed by atoms with Gasteiger partial charge < -0.3 is 9.84 Å². The van der Waals surface area contributed by atoms with Crippen molar-refractivity contribution in [3.63, 3.8) is 0 Å². The van der Waals surface area contributed by atoms with Crippen LogP contribution < -0.4 is 0 Å². The fraction of sp³-hybridized carbons (Fsp3) is 0.846. The van der Waals surface area contributed by atoms with Crippen LogP contribution in [0.25, 0.3) is 0 Å². The summed E-state index contributed by atoms with van der Waals surface area (Å²) >= 11 is 0. The lowest BCUT2D eigenvalue weighted by Gasteiger charge is -2.34. The van der Waals surface area contributed by atoms with E-state index >= 15 is 0 Å². The lowest BCUT2D eigenvalue weighted by atomic mass is 9.94. The second-order valence-corrected chi connectivity index (χ2v) is 6.34. The summed E-state index contributed by atoms with van der Waals surface area (Å²) in [4.78, 5) is 25.0. The number of hydrogen-bond acceptors (Lipinski definition) is 3. The predicted octanol–water partition coefficient (Wildman–Crippen LogP) is 2.10. The van der Waals surface area contributed by atoms with Gasteiger partial charge in [-0.1, -0.05) is 6.92 Å². The molecule has 5 nitrogen and oxygen atoms in total. The van der Waals surface area contributed by atoms with E-state index in [1.54, 1.807) is 20.8 Å². The highest BCUT2D eigenvalue weighted by Crippen LogP contribution is 2.47. The average Bonchev–Trinajstić information content (AvgIpc) is 2.69. The van der Waals surface area contributed by atoms with E-state index in [1.807, 2.05) is 6.92 Å². The van der Waals surface area contributed by atoms with Gasteiger partial charge in [-0.3, -0.25) is 4.90 Å². The monoisotopic (exact) mass is 255 g/mol. The molecule has 1 saturated carbocycles. The first-order valence-corrected chi connectivity index (χ1v) is 6.46. The van der Waals surface area contributed by atoms with E-state index in [1.165, 1.54) is 4.90 Å². The third kappa shape index (κ3) is 2.06. The number of hydrogen-bond donors (Lipinski definition) is 1. The Balaban J connectivity index is 2.20. The molecule has 0 radical (unpaired) electrons. The van der Waals surface area contributed by atoms with Crippen molar-refractivity contribution >= 4 is 12.1 Å². The van der Waals surface area contributed by atoms with Crippen LogP contribution in [0.15, 0.2) is 0 Å². The number of piperidine rings is 1. The zero-order chi connectivity index (χ0) is 13.7. The van der Waals surface area contributed by atoms with Crippen LogP contribution in [0, 0.1) is 11.8 Å². The Morgan fingerprint density at radius 2 is 1.89 bits per heavy atom. The van der Waals surface area contributed by atoms with Crippen LogP contribution in [0.5, 0.6) is 0 Å². The second kappa shape index (κ2) is 4.14. The molecule has 0 aromatic carbocycles. The molecule has 4 atom stereocenters. The number of carbonyl (C=O) groups excluding carboxylic acids is 1. The summed E-state index contributed by atoms with van der Waals surface area (Å²) in [5, 5.41) is 9.32. The maximum atomic E-state index is 12.2. The fourth-order valence-electron chi connectivity index (χ4n) is 3.29. The minimum Gasteiger partial charge on any atom is -0.480 e. The second-order valence-electron chi connectivity index (χ2n) is 6.34. The molecule has 1 aliphatic heterocycles. The highest BCUT2D eigenvalue weighted by molar-refractivity contribution is 5.82. The number of carboxylic acids is 1. The number of ether oxygens (including phenoxy) is 1. The van der Waals surface area contributed by atoms with E-state index < -0.39 is 23.7 Å². The number of rotatable bonds is 1. The average molecular weight is 255 g/mol. The van der Waals surface area contributed by atoms with Gasteiger partial charge in [0.15, 0.2) is 0 Å². The highest BCUT2D eigenvalue weighted by Gasteiger charge is 2.56. The van der Waals surface area contributed by atoms with Gasteiger partial charge in [-0.05, 0) is 45.4 Å². The molecule has 1 aliphatic carbocycles. The van der Waals surface area contributed by atoms with Gasteiger partial charge in [-0.15, -0.1) is 0 Å². The molecule has 0 aromatic heterocycles. The molecule has 0 spiro atoms. The van der Waals surface area contributed by atoms with Crippen LogP contribution in [0.1, 0.15) is 40.5 Å². The third-order valence-electron chi connectivity index (χ3n) is 4.00. The van der Waals surface area contributed by atoms with E-state index in [0.29, 0.717) is 0 Å². The Labute approximate surface area is 107 Å². The molecule has 1 heterocycles. The molecule has 5 heteroatoms. The van der Waals surface area contributed by atoms with Crippen LogP contribution in [0.4, 0.5) is 4.79 Å². The number of carbonyl (C=O) groups is 2. The molecule has 2 bridgehead atoms. The molecule has 0 aromatic rings. The maximum absolute atomic E-state index is 12.2. The van der Waals surface area contributed by atoms with Crippen LogP contribution in [0.3, 0.4) is 0 Å². The summed E-state index contributed by atoms with van der Waals surface area (Å²) in [7, 11) is 0. The molecule has 2 fully saturated rings. The first-order chi connectivity index (χ1) is 8.22. The van der Waals surface area contributed by atoms with Crippen LogP contribution >= 0.6 is 0 Å². The van der Waals surface area contributed by atoms with Gasteiger partial charge in [0.1, 0.15) is 11.6 Å². The lowest BCUT2D eigenvalue weighted by Crippen LogP contribution is -2.50. The topological polar surface area (TPSA) is 66.8 Å². The lowest BCUT2D eigenvalue weighted by molar-refractivity contribution is -0.144. The summed E-state index contributed by atoms with van der Waals surface area (Å²) < 4.78 is 5.33. The number of aliphatic carboxylic acids is 1. The van der Waals surface area contributed by atoms with Crippen LogP contribution in [-0.2, 0) is 9.53 Å². The third-order valence-corrected chi connectivity index (χ3v) is 4.00. The summed E-state index contributed by atoms with van der Waals surface area (Å²) in [5.74, 6) is -0.599. The van der Waals surface area contributed by atoms with Crippen molar-refractivity contribution in [3.8, 4) is 0 Å². The minimum absolute atomic E-state index is 0.0194. The van der Waals surface area contributed by atoms with E-state index in [2.05, 4.69) is 0 Å². The molecular weight excluding hydrogens is 234 g/mol. The smallest absolute Gasteiger partial charge is 0.411 e. The Kier molecular flexibility index (Phi) is 3.03. The standard InChI is InChI=1S/C13H21NO4/c1-7-8-5-6-9(7)14(10(8)11(15)16)12(17)18-13(2,3)4/h7-10H,5-6H2,1-4H3,(H,15,16). The van der Waals surface area contributed by atoms with Crippen molar-refractivity contribution in [1.82, 2.24) is 4.90 Å². The van der Waals surface area contributed by atoms with E-state index in [-0.39, 0.29) is 17.9 Å². The Hall–Kier alpha value is -1.26. The van der Waals surface area contributed by atoms with Crippen molar-refractivity contribution in [3.05, 3.63) is 0 Å². The Morgan fingerprint density at radius 1 is 1.28 bits per heavy atom. The van der Waals surface area contributed by atoms with Crippen molar-refractivity contribution in [2.24, 2.45) is 11.8 Å². The predicted molar refractivity (Wildman–Crippen MR) is 65.2 cm³/mol. The zero-order valence-corrected chi connectivity index (χ0v) is 11.3. The van der Waals surface area contributed by atoms with E-state index in [9.17, 15) is 14.7 Å². The quantitative estimate of drug-likeness (QED) is 0.779. The molecule has 2 rings (SSSR count). The van der Waals surface area contributed by atoms with Gasteiger partial charge in [-0.2, -0.15) is 0 Å². The van der Waals surface area contributed by atoms with Crippen LogP contribution in [0.2, 0.25) is 0 Å². The molecule has 102 valence electrons. The van der Waals surface area contributed by atoms with Crippen molar-refractivity contribution in [1.29, 1.82) is 0 Å². The number of nitrogens with zero attached hydrogens (tertiary/aromatic N) is 1. The summed E-state index contributed by atoms with van der Waals surface area (Å²) in [5.41, 5.74) is -0.592. The van der Waals surface area contributed by atoms with Crippen LogP contribution in [-0.4, -0.2) is 39.8 Å². The molecule has 18 heavy (non-hydrogen) atoms. The Bertz CT molecular complexity index is 374. The van der Waals surface area contributed by atoms with Gasteiger partial charge in [0.2, 0.25) is 0 Å². The van der Waals surface area contributed by atoms with Crippen molar-refractivity contribution in [2.75, 3.05) is 0 Å². The summed E-state index contributed by atoms with van der Waals surface area (Å²) in [6, 6.07) is -0.695. The van der Waals surface area contributed by atoms with E-state index in [0.717, 1.165) is 12.8 Å². The highest BCUT2D eigenvalue weighted by atomic mass is 16.6. The van der Waals surface area contributed by atoms with Gasteiger partial charge in [0.05, 0.1) is 0 Å². The fourth-order valence-corrected chi connectivity index (χ4v) is 3.29. The van der Waals surface area contributed by atoms with Gasteiger partial charge in [0.25, 0.3) is 0 Å². The minimum atomic E-state index is -0.917. The number of amides is 1. The van der Waals surface area contributed by atoms with Gasteiger partial charge >= 0.3 is 12.1 Å². The maximum Gasteiger partial charge on any atom is 0.411 e. The first-order valence-electron chi connectivity index (χ1n) is 6.46. The normalized spacial score (nSPS) is 34.8. The first kappa shape index (κ1) is 13.2. The summed E-state index contributed by atoms with van der Waals surface area (Å²) in [6.45, 7) is 7.40. The number of fused-ring (bicyclic) bond motifs is 2. The van der Waals surface area contributed by atoms with Crippen molar-refractivity contribution in [2.45, 2.75) is 58.2 Å². The van der Waals surface area contributed by atoms with E-state index in [4.69, 9.17) is 4.74 Å². The van der Waals surface area contributed by atoms with Gasteiger partial charge in [0, 0.05) is 6.04 Å². The molecule has 4 unspecified atom stereocenters. The number of likely N-dealkylation sites (tertiary alicyclic amines) is 1. The number of carboxylic acid groups (broad SMARTS) is 1. The Morgan fingerprint density at radius 3 is 2.39 bits per heavy atom. The van der Waals surface area contributed by atoms with Gasteiger partial charge in [-0.25, -0.2) is 9.59 Å². The SMILES string of the molecule is CC1C2CCC1N(C(=O)OC(C)(C)C)C2C(=O)O. The summed E-state index contributed by atoms with van der Waals surface area (Å²) in [6.07, 6.45) is 1.28. The molecule has 2 aliphatic rings. The zero-order valence-electron chi connectivity index (χ0n) is 11.3. The molecular formula is C13H21NO4. The molecule has 1 amide bonds.